The molecule has 3 aromatic rings. The first-order valence-electron chi connectivity index (χ1n) is 12.3. The molecule has 2 aliphatic rings. The fourth-order valence-corrected chi connectivity index (χ4v) is 4.51. The molecular formula is C25H27F3N8O3. The monoisotopic (exact) mass is 544 g/mol. The third-order valence-electron chi connectivity index (χ3n) is 7.17. The summed E-state index contributed by atoms with van der Waals surface area (Å²) in [6.07, 6.45) is -4.17. The summed E-state index contributed by atoms with van der Waals surface area (Å²) in [7, 11) is 3.28. The van der Waals surface area contributed by atoms with Gasteiger partial charge in [0.25, 0.3) is 5.91 Å². The number of hydrogen-bond donors (Lipinski definition) is 1. The molecule has 3 aromatic heterocycles. The van der Waals surface area contributed by atoms with Gasteiger partial charge in [-0.3, -0.25) is 14.3 Å². The number of nitrogens with zero attached hydrogens (tertiary/aromatic N) is 7. The van der Waals surface area contributed by atoms with Crippen LogP contribution in [0.4, 0.5) is 29.6 Å². The number of halogens is 3. The fraction of sp³-hybridized carbons (Fsp3) is 0.440. The highest BCUT2D eigenvalue weighted by Crippen LogP contribution is 2.56. The van der Waals surface area contributed by atoms with E-state index < -0.39 is 17.8 Å². The number of aromatic nitrogens is 5. The van der Waals surface area contributed by atoms with E-state index in [1.165, 1.54) is 18.0 Å². The second-order valence-corrected chi connectivity index (χ2v) is 9.81. The molecule has 1 N–H and O–H groups in total. The van der Waals surface area contributed by atoms with E-state index in [-0.39, 0.29) is 55.3 Å². The van der Waals surface area contributed by atoms with Gasteiger partial charge < -0.3 is 15.0 Å². The number of rotatable bonds is 7. The second kappa shape index (κ2) is 9.50. The van der Waals surface area contributed by atoms with Crippen LogP contribution in [0, 0.1) is 0 Å². The number of carbonyl (C=O) groups is 2. The van der Waals surface area contributed by atoms with Gasteiger partial charge in [-0.2, -0.15) is 13.2 Å². The zero-order valence-electron chi connectivity index (χ0n) is 21.8. The Morgan fingerprint density at radius 3 is 2.64 bits per heavy atom. The van der Waals surface area contributed by atoms with Crippen molar-refractivity contribution in [2.24, 2.45) is 0 Å². The Kier molecular flexibility index (Phi) is 6.43. The minimum Gasteiger partial charge on any atom is -0.443 e. The second-order valence-electron chi connectivity index (χ2n) is 9.81. The van der Waals surface area contributed by atoms with Crippen LogP contribution in [0.3, 0.4) is 0 Å². The Morgan fingerprint density at radius 2 is 2.00 bits per heavy atom. The third-order valence-corrected chi connectivity index (χ3v) is 7.17. The summed E-state index contributed by atoms with van der Waals surface area (Å²) in [6.45, 7) is 3.89. The van der Waals surface area contributed by atoms with Crippen LogP contribution in [0.1, 0.15) is 48.3 Å². The standard InChI is InChI=1S/C25H27F3N8O3/c1-14(2)34(4)20-10-15-16(18(32-20)12-39-23(38)29-3)11-35(22(15)37)19-7-5-6-17(31-19)21-33-30-13-36(21)24(8-9-24)25(26,27)28/h5-7,10,13-14H,8-9,11-12H2,1-4H3,(H,29,38). The number of alkyl carbamates (subject to hydrolysis) is 1. The maximum atomic E-state index is 13.8. The van der Waals surface area contributed by atoms with Crippen molar-refractivity contribution in [3.63, 3.8) is 0 Å². The highest BCUT2D eigenvalue weighted by atomic mass is 19.4. The van der Waals surface area contributed by atoms with Crippen LogP contribution in [0.5, 0.6) is 0 Å². The Balaban J connectivity index is 1.50. The van der Waals surface area contributed by atoms with Gasteiger partial charge in [0.15, 0.2) is 5.82 Å². The molecule has 14 heteroatoms. The molecule has 11 nitrogen and oxygen atoms in total. The van der Waals surface area contributed by atoms with E-state index in [0.29, 0.717) is 22.6 Å². The molecule has 0 saturated heterocycles. The highest BCUT2D eigenvalue weighted by molar-refractivity contribution is 6.10. The summed E-state index contributed by atoms with van der Waals surface area (Å²) in [4.78, 5) is 37.8. The molecule has 1 aliphatic carbocycles. The topological polar surface area (TPSA) is 118 Å². The van der Waals surface area contributed by atoms with Gasteiger partial charge in [0.2, 0.25) is 0 Å². The minimum absolute atomic E-state index is 0.0296. The van der Waals surface area contributed by atoms with E-state index in [1.807, 2.05) is 25.8 Å². The molecule has 0 atom stereocenters. The highest BCUT2D eigenvalue weighted by Gasteiger charge is 2.65. The zero-order valence-corrected chi connectivity index (χ0v) is 21.8. The summed E-state index contributed by atoms with van der Waals surface area (Å²) in [5.74, 6) is 0.383. The Morgan fingerprint density at radius 1 is 1.26 bits per heavy atom. The molecule has 39 heavy (non-hydrogen) atoms. The molecule has 5 rings (SSSR count). The zero-order chi connectivity index (χ0) is 28.1. The summed E-state index contributed by atoms with van der Waals surface area (Å²) in [5, 5.41) is 10.0. The van der Waals surface area contributed by atoms with Crippen molar-refractivity contribution in [3.8, 4) is 11.5 Å². The number of carbonyl (C=O) groups excluding carboxylic acids is 2. The molecule has 1 aliphatic heterocycles. The smallest absolute Gasteiger partial charge is 0.412 e. The maximum absolute atomic E-state index is 13.8. The SMILES string of the molecule is CNC(=O)OCc1nc(N(C)C(C)C)cc2c1CN(c1cccc(-c3nncn3C3(C(F)(F)F)CC3)n1)C2=O. The number of ether oxygens (including phenoxy) is 1. The summed E-state index contributed by atoms with van der Waals surface area (Å²) in [6, 6.07) is 6.50. The van der Waals surface area contributed by atoms with Gasteiger partial charge in [0, 0.05) is 25.7 Å². The lowest BCUT2D eigenvalue weighted by Crippen LogP contribution is -2.35. The van der Waals surface area contributed by atoms with Crippen LogP contribution in [-0.4, -0.2) is 63.0 Å². The molecule has 4 heterocycles. The molecule has 0 unspecified atom stereocenters. The lowest BCUT2D eigenvalue weighted by Gasteiger charge is -2.23. The number of amides is 2. The van der Waals surface area contributed by atoms with Crippen LogP contribution in [0.2, 0.25) is 0 Å². The molecule has 0 spiro atoms. The van der Waals surface area contributed by atoms with Gasteiger partial charge >= 0.3 is 12.3 Å². The minimum atomic E-state index is -4.46. The van der Waals surface area contributed by atoms with Crippen LogP contribution in [-0.2, 0) is 23.4 Å². The van der Waals surface area contributed by atoms with Crippen LogP contribution in [0.15, 0.2) is 30.6 Å². The van der Waals surface area contributed by atoms with E-state index in [9.17, 15) is 22.8 Å². The fourth-order valence-electron chi connectivity index (χ4n) is 4.51. The quantitative estimate of drug-likeness (QED) is 0.479. The van der Waals surface area contributed by atoms with Crippen LogP contribution >= 0.6 is 0 Å². The van der Waals surface area contributed by atoms with Crippen LogP contribution < -0.4 is 15.1 Å². The predicted molar refractivity (Wildman–Crippen MR) is 134 cm³/mol. The largest absolute Gasteiger partial charge is 0.443 e. The van der Waals surface area contributed by atoms with E-state index >= 15 is 0 Å². The third kappa shape index (κ3) is 4.53. The Bertz CT molecular complexity index is 1430. The number of hydrogen-bond acceptors (Lipinski definition) is 8. The number of fused-ring (bicyclic) bond motifs is 1. The number of anilines is 2. The first-order chi connectivity index (χ1) is 18.5. The van der Waals surface area contributed by atoms with Gasteiger partial charge in [0.05, 0.1) is 17.8 Å². The lowest BCUT2D eigenvalue weighted by atomic mass is 10.1. The van der Waals surface area contributed by atoms with Gasteiger partial charge in [-0.1, -0.05) is 6.07 Å². The van der Waals surface area contributed by atoms with Crippen molar-refractivity contribution in [2.75, 3.05) is 23.9 Å². The van der Waals surface area contributed by atoms with Gasteiger partial charge in [0.1, 0.15) is 35.8 Å². The van der Waals surface area contributed by atoms with Crippen molar-refractivity contribution in [1.29, 1.82) is 0 Å². The number of alkyl halides is 3. The van der Waals surface area contributed by atoms with Crippen molar-refractivity contribution >= 4 is 23.6 Å². The van der Waals surface area contributed by atoms with E-state index in [2.05, 4.69) is 25.5 Å². The average molecular weight is 545 g/mol. The summed E-state index contributed by atoms with van der Waals surface area (Å²) < 4.78 is 47.7. The number of pyridine rings is 2. The number of nitrogens with one attached hydrogen (secondary N) is 1. The van der Waals surface area contributed by atoms with Crippen molar-refractivity contribution in [1.82, 2.24) is 30.0 Å². The average Bonchev–Trinajstić information content (AvgIpc) is 3.47. The first-order valence-corrected chi connectivity index (χ1v) is 12.3. The molecule has 2 amide bonds. The molecule has 206 valence electrons. The summed E-state index contributed by atoms with van der Waals surface area (Å²) >= 11 is 0. The maximum Gasteiger partial charge on any atom is 0.412 e. The predicted octanol–water partition coefficient (Wildman–Crippen LogP) is 3.65. The van der Waals surface area contributed by atoms with Crippen LogP contribution in [0.25, 0.3) is 11.5 Å². The molecule has 0 aromatic carbocycles. The lowest BCUT2D eigenvalue weighted by molar-refractivity contribution is -0.179. The first kappa shape index (κ1) is 26.4. The van der Waals surface area contributed by atoms with Crippen molar-refractivity contribution < 1.29 is 27.5 Å². The van der Waals surface area contributed by atoms with Gasteiger partial charge in [-0.15, -0.1) is 10.2 Å². The Hall–Kier alpha value is -4.23. The van der Waals surface area contributed by atoms with Crippen molar-refractivity contribution in [3.05, 3.63) is 47.4 Å². The van der Waals surface area contributed by atoms with E-state index in [0.717, 1.165) is 10.9 Å². The van der Waals surface area contributed by atoms with Gasteiger partial charge in [-0.25, -0.2) is 14.8 Å². The Labute approximate surface area is 222 Å². The van der Waals surface area contributed by atoms with Gasteiger partial charge in [-0.05, 0) is 44.9 Å². The normalized spacial score (nSPS) is 15.9. The summed E-state index contributed by atoms with van der Waals surface area (Å²) in [5.41, 5.74) is -0.508. The molecular weight excluding hydrogens is 517 g/mol. The van der Waals surface area contributed by atoms with E-state index in [1.54, 1.807) is 18.2 Å². The van der Waals surface area contributed by atoms with E-state index in [4.69, 9.17) is 4.74 Å². The molecule has 1 saturated carbocycles. The molecule has 0 radical (unpaired) electrons. The molecule has 0 bridgehead atoms. The van der Waals surface area contributed by atoms with Crippen molar-refractivity contribution in [2.45, 2.75) is 57.6 Å². The molecule has 1 fully saturated rings.